The number of carbonyl (C=O) groups excluding carboxylic acids is 1. The summed E-state index contributed by atoms with van der Waals surface area (Å²) in [6, 6.07) is 5.41. The largest absolute Gasteiger partial charge is 0.370 e. The fourth-order valence-corrected chi connectivity index (χ4v) is 1.14. The Balaban J connectivity index is 3.21. The molecule has 1 aromatic carbocycles. The van der Waals surface area contributed by atoms with Gasteiger partial charge < -0.3 is 11.5 Å². The van der Waals surface area contributed by atoms with E-state index in [1.807, 2.05) is 19.1 Å². The summed E-state index contributed by atoms with van der Waals surface area (Å²) < 4.78 is 0. The number of aliphatic imine (C=N–C) groups is 1. The molecule has 0 saturated carbocycles. The van der Waals surface area contributed by atoms with Crippen LogP contribution in [-0.2, 0) is 6.42 Å². The Labute approximate surface area is 82.6 Å². The average Bonchev–Trinajstić information content (AvgIpc) is 2.16. The number of aldehydes is 1. The Morgan fingerprint density at radius 1 is 1.50 bits per heavy atom. The minimum atomic E-state index is -0.0404. The maximum Gasteiger partial charge on any atom is 0.191 e. The molecule has 14 heavy (non-hydrogen) atoms. The van der Waals surface area contributed by atoms with Crippen LogP contribution in [0, 0.1) is 0 Å². The number of guanidine groups is 1. The summed E-state index contributed by atoms with van der Waals surface area (Å²) in [5.41, 5.74) is 12.6. The summed E-state index contributed by atoms with van der Waals surface area (Å²) in [7, 11) is 0. The second-order valence-corrected chi connectivity index (χ2v) is 2.90. The van der Waals surface area contributed by atoms with E-state index in [1.54, 1.807) is 6.07 Å². The normalized spacial score (nSPS) is 9.50. The summed E-state index contributed by atoms with van der Waals surface area (Å²) >= 11 is 0. The number of rotatable bonds is 3. The fourth-order valence-electron chi connectivity index (χ4n) is 1.14. The second kappa shape index (κ2) is 4.41. The SMILES string of the molecule is CCc1ccc(C=O)c(N=C(N)N)c1. The van der Waals surface area contributed by atoms with Gasteiger partial charge in [-0.15, -0.1) is 0 Å². The van der Waals surface area contributed by atoms with Crippen LogP contribution in [0.4, 0.5) is 5.69 Å². The zero-order chi connectivity index (χ0) is 10.6. The van der Waals surface area contributed by atoms with Crippen molar-refractivity contribution in [2.45, 2.75) is 13.3 Å². The number of hydrogen-bond donors (Lipinski definition) is 2. The Morgan fingerprint density at radius 2 is 2.21 bits per heavy atom. The molecule has 0 saturated heterocycles. The molecule has 0 aliphatic rings. The number of hydrogen-bond acceptors (Lipinski definition) is 2. The number of nitrogens with zero attached hydrogens (tertiary/aromatic N) is 1. The zero-order valence-corrected chi connectivity index (χ0v) is 8.03. The molecule has 0 unspecified atom stereocenters. The van der Waals surface area contributed by atoms with E-state index in [2.05, 4.69) is 4.99 Å². The number of aryl methyl sites for hydroxylation is 1. The van der Waals surface area contributed by atoms with Crippen molar-refractivity contribution in [3.05, 3.63) is 29.3 Å². The van der Waals surface area contributed by atoms with Gasteiger partial charge in [0.15, 0.2) is 12.2 Å². The van der Waals surface area contributed by atoms with Crippen LogP contribution in [0.3, 0.4) is 0 Å². The second-order valence-electron chi connectivity index (χ2n) is 2.90. The predicted octanol–water partition coefficient (Wildman–Crippen LogP) is 0.966. The van der Waals surface area contributed by atoms with E-state index >= 15 is 0 Å². The molecule has 74 valence electrons. The lowest BCUT2D eigenvalue weighted by Crippen LogP contribution is -2.22. The van der Waals surface area contributed by atoms with E-state index in [1.165, 1.54) is 0 Å². The molecule has 0 spiro atoms. The van der Waals surface area contributed by atoms with Crippen LogP contribution in [0.1, 0.15) is 22.8 Å². The molecule has 4 nitrogen and oxygen atoms in total. The van der Waals surface area contributed by atoms with Gasteiger partial charge in [-0.25, -0.2) is 4.99 Å². The first-order valence-electron chi connectivity index (χ1n) is 4.35. The maximum absolute atomic E-state index is 10.7. The average molecular weight is 191 g/mol. The highest BCUT2D eigenvalue weighted by Gasteiger charge is 2.01. The number of carbonyl (C=O) groups is 1. The third-order valence-electron chi connectivity index (χ3n) is 1.88. The Bertz CT molecular complexity index is 368. The first-order valence-corrected chi connectivity index (χ1v) is 4.35. The van der Waals surface area contributed by atoms with Gasteiger partial charge in [0.2, 0.25) is 0 Å². The summed E-state index contributed by atoms with van der Waals surface area (Å²) in [6.45, 7) is 2.02. The van der Waals surface area contributed by atoms with Gasteiger partial charge >= 0.3 is 0 Å². The molecular weight excluding hydrogens is 178 g/mol. The smallest absolute Gasteiger partial charge is 0.191 e. The molecule has 0 aromatic heterocycles. The molecule has 0 fully saturated rings. The molecule has 0 bridgehead atoms. The molecule has 1 aromatic rings. The van der Waals surface area contributed by atoms with E-state index in [4.69, 9.17) is 11.5 Å². The highest BCUT2D eigenvalue weighted by molar-refractivity contribution is 5.87. The van der Waals surface area contributed by atoms with Crippen LogP contribution in [0.15, 0.2) is 23.2 Å². The van der Waals surface area contributed by atoms with Crippen LogP contribution in [0.5, 0.6) is 0 Å². The maximum atomic E-state index is 10.7. The van der Waals surface area contributed by atoms with E-state index < -0.39 is 0 Å². The third kappa shape index (κ3) is 2.32. The van der Waals surface area contributed by atoms with Gasteiger partial charge in [-0.3, -0.25) is 4.79 Å². The molecule has 4 heteroatoms. The monoisotopic (exact) mass is 191 g/mol. The summed E-state index contributed by atoms with van der Waals surface area (Å²) in [6.07, 6.45) is 1.62. The van der Waals surface area contributed by atoms with Gasteiger partial charge in [0.1, 0.15) is 0 Å². The summed E-state index contributed by atoms with van der Waals surface area (Å²) in [5, 5.41) is 0. The van der Waals surface area contributed by atoms with Crippen molar-refractivity contribution in [2.75, 3.05) is 0 Å². The first-order chi connectivity index (χ1) is 6.67. The number of benzene rings is 1. The quantitative estimate of drug-likeness (QED) is 0.424. The van der Waals surface area contributed by atoms with Gasteiger partial charge in [0, 0.05) is 5.56 Å². The molecule has 0 aliphatic carbocycles. The Hall–Kier alpha value is -1.84. The van der Waals surface area contributed by atoms with Crippen molar-refractivity contribution < 1.29 is 4.79 Å². The zero-order valence-electron chi connectivity index (χ0n) is 8.03. The third-order valence-corrected chi connectivity index (χ3v) is 1.88. The molecular formula is C10H13N3O. The van der Waals surface area contributed by atoms with Gasteiger partial charge in [-0.1, -0.05) is 13.0 Å². The predicted molar refractivity (Wildman–Crippen MR) is 56.7 cm³/mol. The Kier molecular flexibility index (Phi) is 3.23. The highest BCUT2D eigenvalue weighted by atomic mass is 16.1. The topological polar surface area (TPSA) is 81.5 Å². The number of nitrogens with two attached hydrogens (primary N) is 2. The lowest BCUT2D eigenvalue weighted by atomic mass is 10.1. The van der Waals surface area contributed by atoms with E-state index in [0.717, 1.165) is 18.3 Å². The summed E-state index contributed by atoms with van der Waals surface area (Å²) in [5.74, 6) is -0.0404. The van der Waals surface area contributed by atoms with Crippen molar-refractivity contribution in [1.29, 1.82) is 0 Å². The van der Waals surface area contributed by atoms with Gasteiger partial charge in [-0.2, -0.15) is 0 Å². The molecule has 0 atom stereocenters. The van der Waals surface area contributed by atoms with Crippen molar-refractivity contribution >= 4 is 17.9 Å². The van der Waals surface area contributed by atoms with E-state index in [9.17, 15) is 4.79 Å². The van der Waals surface area contributed by atoms with Crippen molar-refractivity contribution in [2.24, 2.45) is 16.5 Å². The highest BCUT2D eigenvalue weighted by Crippen LogP contribution is 2.19. The standard InChI is InChI=1S/C10H13N3O/c1-2-7-3-4-8(6-14)9(5-7)13-10(11)12/h3-6H,2H2,1H3,(H4,11,12,13). The Morgan fingerprint density at radius 3 is 2.71 bits per heavy atom. The fraction of sp³-hybridized carbons (Fsp3) is 0.200. The molecule has 0 aliphatic heterocycles. The van der Waals surface area contributed by atoms with Crippen LogP contribution < -0.4 is 11.5 Å². The first kappa shape index (κ1) is 10.2. The van der Waals surface area contributed by atoms with Crippen molar-refractivity contribution in [3.8, 4) is 0 Å². The van der Waals surface area contributed by atoms with Crippen LogP contribution in [0.2, 0.25) is 0 Å². The molecule has 1 rings (SSSR count). The molecule has 4 N–H and O–H groups in total. The van der Waals surface area contributed by atoms with Crippen LogP contribution in [0.25, 0.3) is 0 Å². The van der Waals surface area contributed by atoms with Crippen LogP contribution >= 0.6 is 0 Å². The van der Waals surface area contributed by atoms with E-state index in [-0.39, 0.29) is 5.96 Å². The molecule has 0 amide bonds. The van der Waals surface area contributed by atoms with Crippen LogP contribution in [-0.4, -0.2) is 12.2 Å². The van der Waals surface area contributed by atoms with Gasteiger partial charge in [0.25, 0.3) is 0 Å². The van der Waals surface area contributed by atoms with Crippen molar-refractivity contribution in [1.82, 2.24) is 0 Å². The lowest BCUT2D eigenvalue weighted by Gasteiger charge is -2.02. The van der Waals surface area contributed by atoms with Gasteiger partial charge in [-0.05, 0) is 24.1 Å². The van der Waals surface area contributed by atoms with Gasteiger partial charge in [0.05, 0.1) is 5.69 Å². The van der Waals surface area contributed by atoms with Crippen molar-refractivity contribution in [3.63, 3.8) is 0 Å². The minimum Gasteiger partial charge on any atom is -0.370 e. The minimum absolute atomic E-state index is 0.0404. The van der Waals surface area contributed by atoms with E-state index in [0.29, 0.717) is 11.3 Å². The summed E-state index contributed by atoms with van der Waals surface area (Å²) in [4.78, 5) is 14.5. The molecule has 0 radical (unpaired) electrons. The lowest BCUT2D eigenvalue weighted by molar-refractivity contribution is 0.112. The molecule has 0 heterocycles.